The molecule has 2 rings (SSSR count). The second-order valence-corrected chi connectivity index (χ2v) is 5.71. The third-order valence-electron chi connectivity index (χ3n) is 3.17. The molecule has 0 fully saturated rings. The van der Waals surface area contributed by atoms with Gasteiger partial charge in [0.1, 0.15) is 11.6 Å². The molecule has 0 bridgehead atoms. The lowest BCUT2D eigenvalue weighted by Crippen LogP contribution is -2.20. The summed E-state index contributed by atoms with van der Waals surface area (Å²) in [5, 5.41) is 3.70. The van der Waals surface area contributed by atoms with Gasteiger partial charge in [0, 0.05) is 16.6 Å². The average Bonchev–Trinajstić information content (AvgIpc) is 2.45. The van der Waals surface area contributed by atoms with E-state index in [4.69, 9.17) is 11.6 Å². The minimum atomic E-state index is -0.556. The number of benzene rings is 2. The summed E-state index contributed by atoms with van der Waals surface area (Å²) in [6.07, 6.45) is 0.217. The molecule has 2 aromatic rings. The van der Waals surface area contributed by atoms with Gasteiger partial charge < -0.3 is 5.32 Å². The van der Waals surface area contributed by atoms with E-state index >= 15 is 0 Å². The molecule has 20 heavy (non-hydrogen) atoms. The molecule has 0 saturated carbocycles. The first-order valence-electron chi connectivity index (χ1n) is 6.08. The van der Waals surface area contributed by atoms with Crippen molar-refractivity contribution in [2.75, 3.05) is 7.05 Å². The van der Waals surface area contributed by atoms with Gasteiger partial charge in [0.25, 0.3) is 0 Å². The van der Waals surface area contributed by atoms with Gasteiger partial charge in [0.15, 0.2) is 0 Å². The fourth-order valence-electron chi connectivity index (χ4n) is 2.04. The highest BCUT2D eigenvalue weighted by atomic mass is 79.9. The Labute approximate surface area is 130 Å². The second-order valence-electron chi connectivity index (χ2n) is 4.42. The summed E-state index contributed by atoms with van der Waals surface area (Å²) in [5.74, 6) is -1.10. The van der Waals surface area contributed by atoms with Crippen LogP contribution in [0.5, 0.6) is 0 Å². The Morgan fingerprint density at radius 3 is 2.40 bits per heavy atom. The van der Waals surface area contributed by atoms with E-state index in [1.165, 1.54) is 12.1 Å². The predicted molar refractivity (Wildman–Crippen MR) is 81.0 cm³/mol. The van der Waals surface area contributed by atoms with Crippen molar-refractivity contribution in [3.63, 3.8) is 0 Å². The number of hydrogen-bond acceptors (Lipinski definition) is 1. The van der Waals surface area contributed by atoms with Crippen LogP contribution in [0.4, 0.5) is 8.78 Å². The van der Waals surface area contributed by atoms with Crippen molar-refractivity contribution in [2.45, 2.75) is 12.5 Å². The zero-order valence-corrected chi connectivity index (χ0v) is 13.1. The Morgan fingerprint density at radius 2 is 1.80 bits per heavy atom. The van der Waals surface area contributed by atoms with Crippen LogP contribution >= 0.6 is 27.5 Å². The Morgan fingerprint density at radius 1 is 1.15 bits per heavy atom. The zero-order chi connectivity index (χ0) is 14.7. The van der Waals surface area contributed by atoms with E-state index < -0.39 is 11.6 Å². The van der Waals surface area contributed by atoms with Gasteiger partial charge in [0.05, 0.1) is 4.47 Å². The molecule has 0 heterocycles. The van der Waals surface area contributed by atoms with Gasteiger partial charge in [-0.25, -0.2) is 8.78 Å². The molecule has 5 heteroatoms. The first-order valence-corrected chi connectivity index (χ1v) is 7.25. The number of hydrogen-bond donors (Lipinski definition) is 1. The summed E-state index contributed by atoms with van der Waals surface area (Å²) in [7, 11) is 1.76. The highest BCUT2D eigenvalue weighted by Crippen LogP contribution is 2.27. The maximum atomic E-state index is 14.0. The number of likely N-dealkylation sites (N-methyl/N-ethyl adjacent to an activating group) is 1. The highest BCUT2D eigenvalue weighted by molar-refractivity contribution is 9.10. The molecule has 0 aliphatic heterocycles. The monoisotopic (exact) mass is 359 g/mol. The van der Waals surface area contributed by atoms with Gasteiger partial charge in [-0.3, -0.25) is 0 Å². The van der Waals surface area contributed by atoms with Gasteiger partial charge in [-0.05, 0) is 59.2 Å². The van der Waals surface area contributed by atoms with Crippen LogP contribution in [0, 0.1) is 11.6 Å². The maximum Gasteiger partial charge on any atom is 0.143 e. The smallest absolute Gasteiger partial charge is 0.143 e. The Hall–Kier alpha value is -0.970. The van der Waals surface area contributed by atoms with Crippen LogP contribution in [0.1, 0.15) is 17.2 Å². The molecule has 1 N–H and O–H groups in total. The van der Waals surface area contributed by atoms with Crippen LogP contribution in [0.2, 0.25) is 5.02 Å². The fraction of sp³-hybridized carbons (Fsp3) is 0.200. The van der Waals surface area contributed by atoms with Crippen molar-refractivity contribution in [3.05, 3.63) is 68.7 Å². The van der Waals surface area contributed by atoms with Crippen molar-refractivity contribution < 1.29 is 8.78 Å². The molecule has 2 aromatic carbocycles. The minimum Gasteiger partial charge on any atom is -0.313 e. The SMILES string of the molecule is CNC(Cc1c(F)ccc(Br)c1F)c1ccc(Cl)cc1. The summed E-state index contributed by atoms with van der Waals surface area (Å²) >= 11 is 8.92. The number of rotatable bonds is 4. The third-order valence-corrected chi connectivity index (χ3v) is 4.03. The molecule has 0 spiro atoms. The average molecular weight is 361 g/mol. The van der Waals surface area contributed by atoms with Crippen LogP contribution < -0.4 is 5.32 Å². The van der Waals surface area contributed by atoms with E-state index in [0.29, 0.717) is 5.02 Å². The van der Waals surface area contributed by atoms with Crippen LogP contribution in [-0.2, 0) is 6.42 Å². The molecule has 1 nitrogen and oxygen atoms in total. The third kappa shape index (κ3) is 3.37. The Balaban J connectivity index is 2.31. The van der Waals surface area contributed by atoms with Crippen molar-refractivity contribution in [2.24, 2.45) is 0 Å². The lowest BCUT2D eigenvalue weighted by molar-refractivity contribution is 0.512. The van der Waals surface area contributed by atoms with Gasteiger partial charge >= 0.3 is 0 Å². The topological polar surface area (TPSA) is 12.0 Å². The van der Waals surface area contributed by atoms with Crippen LogP contribution in [0.25, 0.3) is 0 Å². The molecular weight excluding hydrogens is 348 g/mol. The van der Waals surface area contributed by atoms with Crippen LogP contribution in [0.3, 0.4) is 0 Å². The minimum absolute atomic E-state index is 0.0636. The molecular formula is C15H13BrClF2N. The quantitative estimate of drug-likeness (QED) is 0.766. The standard InChI is InChI=1S/C15H13BrClF2N/c1-20-14(9-2-4-10(17)5-3-9)8-11-13(18)7-6-12(16)15(11)19/h2-7,14,20H,8H2,1H3. The molecule has 0 aliphatic carbocycles. The molecule has 1 atom stereocenters. The first-order chi connectivity index (χ1) is 9.52. The van der Waals surface area contributed by atoms with E-state index in [0.717, 1.165) is 5.56 Å². The molecule has 1 unspecified atom stereocenters. The Kier molecular flexibility index (Phi) is 5.13. The van der Waals surface area contributed by atoms with E-state index in [-0.39, 0.29) is 22.5 Å². The van der Waals surface area contributed by atoms with E-state index in [1.54, 1.807) is 19.2 Å². The molecule has 106 valence electrons. The van der Waals surface area contributed by atoms with Gasteiger partial charge in [0.2, 0.25) is 0 Å². The van der Waals surface area contributed by atoms with E-state index in [9.17, 15) is 8.78 Å². The molecule has 0 saturated heterocycles. The second kappa shape index (κ2) is 6.66. The number of nitrogens with one attached hydrogen (secondary N) is 1. The van der Waals surface area contributed by atoms with Crippen molar-refractivity contribution in [3.8, 4) is 0 Å². The fourth-order valence-corrected chi connectivity index (χ4v) is 2.54. The Bertz CT molecular complexity index is 602. The van der Waals surface area contributed by atoms with Crippen molar-refractivity contribution in [1.82, 2.24) is 5.32 Å². The summed E-state index contributed by atoms with van der Waals surface area (Å²) in [6.45, 7) is 0. The summed E-state index contributed by atoms with van der Waals surface area (Å²) in [4.78, 5) is 0. The molecule has 0 aromatic heterocycles. The van der Waals surface area contributed by atoms with Crippen LogP contribution in [0.15, 0.2) is 40.9 Å². The highest BCUT2D eigenvalue weighted by Gasteiger charge is 2.18. The van der Waals surface area contributed by atoms with E-state index in [1.807, 2.05) is 12.1 Å². The predicted octanol–water partition coefficient (Wildman–Crippen LogP) is 4.88. The van der Waals surface area contributed by atoms with Gasteiger partial charge in [-0.2, -0.15) is 0 Å². The number of halogens is 4. The normalized spacial score (nSPS) is 12.4. The summed E-state index contributed by atoms with van der Waals surface area (Å²) < 4.78 is 28.1. The van der Waals surface area contributed by atoms with Crippen molar-refractivity contribution >= 4 is 27.5 Å². The summed E-state index contributed by atoms with van der Waals surface area (Å²) in [6, 6.07) is 9.64. The molecule has 0 amide bonds. The van der Waals surface area contributed by atoms with Gasteiger partial charge in [-0.1, -0.05) is 23.7 Å². The van der Waals surface area contributed by atoms with Crippen molar-refractivity contribution in [1.29, 1.82) is 0 Å². The largest absolute Gasteiger partial charge is 0.313 e. The van der Waals surface area contributed by atoms with E-state index in [2.05, 4.69) is 21.2 Å². The lowest BCUT2D eigenvalue weighted by atomic mass is 9.98. The molecule has 0 radical (unpaired) electrons. The van der Waals surface area contributed by atoms with Gasteiger partial charge in [-0.15, -0.1) is 0 Å². The summed E-state index contributed by atoms with van der Waals surface area (Å²) in [5.41, 5.74) is 0.990. The molecule has 0 aliphatic rings. The lowest BCUT2D eigenvalue weighted by Gasteiger charge is -2.18. The maximum absolute atomic E-state index is 14.0. The van der Waals surface area contributed by atoms with Crippen LogP contribution in [-0.4, -0.2) is 7.05 Å². The first kappa shape index (κ1) is 15.4. The zero-order valence-electron chi connectivity index (χ0n) is 10.8.